The maximum atomic E-state index is 12.6. The maximum absolute atomic E-state index is 12.6. The van der Waals surface area contributed by atoms with Gasteiger partial charge in [-0.25, -0.2) is 4.68 Å². The lowest BCUT2D eigenvalue weighted by atomic mass is 10.1. The SMILES string of the molecule is CCCn1nc(C(=O)NNC(=O)/C=C/c2cccnc2)c2ccccc2c1=O. The van der Waals surface area contributed by atoms with Gasteiger partial charge in [-0.1, -0.05) is 31.2 Å². The van der Waals surface area contributed by atoms with Crippen molar-refractivity contribution in [2.24, 2.45) is 0 Å². The quantitative estimate of drug-likeness (QED) is 0.520. The Kier molecular flexibility index (Phi) is 5.91. The van der Waals surface area contributed by atoms with Crippen molar-refractivity contribution in [2.45, 2.75) is 19.9 Å². The summed E-state index contributed by atoms with van der Waals surface area (Å²) in [4.78, 5) is 40.9. The summed E-state index contributed by atoms with van der Waals surface area (Å²) in [6, 6.07) is 10.3. The van der Waals surface area contributed by atoms with Crippen LogP contribution in [0, 0.1) is 0 Å². The molecule has 0 saturated carbocycles. The summed E-state index contributed by atoms with van der Waals surface area (Å²) in [5, 5.41) is 5.01. The Morgan fingerprint density at radius 3 is 2.61 bits per heavy atom. The van der Waals surface area contributed by atoms with E-state index in [1.807, 2.05) is 6.92 Å². The van der Waals surface area contributed by atoms with Crippen LogP contribution in [-0.4, -0.2) is 26.6 Å². The number of carbonyl (C=O) groups excluding carboxylic acids is 2. The van der Waals surface area contributed by atoms with Crippen LogP contribution in [0.5, 0.6) is 0 Å². The van der Waals surface area contributed by atoms with Gasteiger partial charge in [0.25, 0.3) is 17.4 Å². The smallest absolute Gasteiger partial charge is 0.268 e. The highest BCUT2D eigenvalue weighted by molar-refractivity contribution is 6.05. The minimum atomic E-state index is -0.607. The number of hydrogen-bond acceptors (Lipinski definition) is 5. The van der Waals surface area contributed by atoms with Gasteiger partial charge in [-0.3, -0.25) is 30.2 Å². The number of nitrogens with one attached hydrogen (secondary N) is 2. The van der Waals surface area contributed by atoms with Gasteiger partial charge in [0.15, 0.2) is 5.69 Å². The number of carbonyl (C=O) groups is 2. The van der Waals surface area contributed by atoms with Gasteiger partial charge in [-0.05, 0) is 30.2 Å². The molecule has 0 aliphatic carbocycles. The summed E-state index contributed by atoms with van der Waals surface area (Å²) in [7, 11) is 0. The van der Waals surface area contributed by atoms with E-state index in [0.29, 0.717) is 23.7 Å². The molecule has 0 unspecified atom stereocenters. The van der Waals surface area contributed by atoms with Crippen molar-refractivity contribution in [3.05, 3.63) is 76.5 Å². The van der Waals surface area contributed by atoms with Crippen LogP contribution < -0.4 is 16.4 Å². The van der Waals surface area contributed by atoms with Gasteiger partial charge in [0.05, 0.1) is 5.39 Å². The van der Waals surface area contributed by atoms with Crippen LogP contribution in [0.4, 0.5) is 0 Å². The molecule has 0 aliphatic heterocycles. The summed E-state index contributed by atoms with van der Waals surface area (Å²) in [6.07, 6.45) is 6.79. The van der Waals surface area contributed by atoms with E-state index in [1.165, 1.54) is 10.8 Å². The molecular formula is C20H19N5O3. The molecule has 1 aromatic carbocycles. The zero-order valence-electron chi connectivity index (χ0n) is 15.3. The maximum Gasteiger partial charge on any atom is 0.290 e. The Morgan fingerprint density at radius 2 is 1.89 bits per heavy atom. The predicted molar refractivity (Wildman–Crippen MR) is 105 cm³/mol. The van der Waals surface area contributed by atoms with E-state index in [1.54, 1.807) is 54.9 Å². The second-order valence-electron chi connectivity index (χ2n) is 5.99. The number of amides is 2. The lowest BCUT2D eigenvalue weighted by Gasteiger charge is -2.10. The molecule has 8 heteroatoms. The Morgan fingerprint density at radius 1 is 1.11 bits per heavy atom. The molecule has 0 bridgehead atoms. The molecule has 2 aromatic heterocycles. The van der Waals surface area contributed by atoms with E-state index < -0.39 is 11.8 Å². The number of aryl methyl sites for hydroxylation is 1. The van der Waals surface area contributed by atoms with Crippen LogP contribution in [0.1, 0.15) is 29.4 Å². The van der Waals surface area contributed by atoms with Crippen LogP contribution in [0.3, 0.4) is 0 Å². The molecule has 0 atom stereocenters. The van der Waals surface area contributed by atoms with E-state index >= 15 is 0 Å². The minimum absolute atomic E-state index is 0.0696. The number of hydrogen-bond donors (Lipinski definition) is 2. The highest BCUT2D eigenvalue weighted by Crippen LogP contribution is 2.13. The normalized spacial score (nSPS) is 10.9. The summed E-state index contributed by atoms with van der Waals surface area (Å²) >= 11 is 0. The lowest BCUT2D eigenvalue weighted by molar-refractivity contribution is -0.117. The fraction of sp³-hybridized carbons (Fsp3) is 0.150. The van der Waals surface area contributed by atoms with Gasteiger partial charge in [-0.15, -0.1) is 0 Å². The number of hydrazine groups is 1. The van der Waals surface area contributed by atoms with E-state index in [-0.39, 0.29) is 11.3 Å². The highest BCUT2D eigenvalue weighted by atomic mass is 16.2. The molecule has 0 spiro atoms. The molecule has 0 aliphatic rings. The van der Waals surface area contributed by atoms with Crippen molar-refractivity contribution in [1.29, 1.82) is 0 Å². The van der Waals surface area contributed by atoms with E-state index in [4.69, 9.17) is 0 Å². The first-order chi connectivity index (χ1) is 13.6. The van der Waals surface area contributed by atoms with Gasteiger partial charge in [-0.2, -0.15) is 5.10 Å². The summed E-state index contributed by atoms with van der Waals surface area (Å²) < 4.78 is 1.27. The van der Waals surface area contributed by atoms with Crippen LogP contribution in [0.15, 0.2) is 59.7 Å². The van der Waals surface area contributed by atoms with Crippen molar-refractivity contribution < 1.29 is 9.59 Å². The monoisotopic (exact) mass is 377 g/mol. The molecule has 2 amide bonds. The van der Waals surface area contributed by atoms with E-state index in [0.717, 1.165) is 5.56 Å². The first-order valence-electron chi connectivity index (χ1n) is 8.78. The molecule has 2 heterocycles. The fourth-order valence-electron chi connectivity index (χ4n) is 2.63. The lowest BCUT2D eigenvalue weighted by Crippen LogP contribution is -2.42. The number of nitrogens with zero attached hydrogens (tertiary/aromatic N) is 3. The average molecular weight is 377 g/mol. The summed E-state index contributed by atoms with van der Waals surface area (Å²) in [5.74, 6) is -1.12. The predicted octanol–water partition coefficient (Wildman–Crippen LogP) is 1.68. The van der Waals surface area contributed by atoms with Crippen molar-refractivity contribution in [3.8, 4) is 0 Å². The standard InChI is InChI=1S/C20H19N5O3/c1-2-12-25-20(28)16-8-4-3-7-15(16)18(24-25)19(27)23-22-17(26)10-9-14-6-5-11-21-13-14/h3-11,13H,2,12H2,1H3,(H,22,26)(H,23,27)/b10-9+. The van der Waals surface area contributed by atoms with Gasteiger partial charge < -0.3 is 0 Å². The largest absolute Gasteiger partial charge is 0.290 e. The van der Waals surface area contributed by atoms with Crippen molar-refractivity contribution >= 4 is 28.7 Å². The number of pyridine rings is 1. The molecule has 0 radical (unpaired) electrons. The number of rotatable bonds is 5. The molecule has 3 aromatic rings. The second-order valence-corrected chi connectivity index (χ2v) is 5.99. The molecule has 142 valence electrons. The number of fused-ring (bicyclic) bond motifs is 1. The third-order valence-corrected chi connectivity index (χ3v) is 3.93. The van der Waals surface area contributed by atoms with Gasteiger partial charge in [0, 0.05) is 30.4 Å². The zero-order chi connectivity index (χ0) is 19.9. The average Bonchev–Trinajstić information content (AvgIpc) is 2.73. The highest BCUT2D eigenvalue weighted by Gasteiger charge is 2.16. The van der Waals surface area contributed by atoms with Gasteiger partial charge in [0.2, 0.25) is 0 Å². The van der Waals surface area contributed by atoms with E-state index in [2.05, 4.69) is 20.9 Å². The second kappa shape index (κ2) is 8.72. The molecule has 0 fully saturated rings. The van der Waals surface area contributed by atoms with Crippen LogP contribution in [0.2, 0.25) is 0 Å². The Hall–Kier alpha value is -3.81. The first-order valence-corrected chi connectivity index (χ1v) is 8.78. The number of aromatic nitrogens is 3. The van der Waals surface area contributed by atoms with Gasteiger partial charge >= 0.3 is 0 Å². The van der Waals surface area contributed by atoms with Crippen molar-refractivity contribution in [2.75, 3.05) is 0 Å². The van der Waals surface area contributed by atoms with Crippen LogP contribution >= 0.6 is 0 Å². The first kappa shape index (κ1) is 19.0. The molecule has 3 rings (SSSR count). The molecule has 2 N–H and O–H groups in total. The fourth-order valence-corrected chi connectivity index (χ4v) is 2.63. The Bertz CT molecular complexity index is 1090. The summed E-state index contributed by atoms with van der Waals surface area (Å²) in [5.41, 5.74) is 5.21. The number of benzene rings is 1. The summed E-state index contributed by atoms with van der Waals surface area (Å²) in [6.45, 7) is 2.31. The molecule has 0 saturated heterocycles. The molecule has 8 nitrogen and oxygen atoms in total. The topological polar surface area (TPSA) is 106 Å². The van der Waals surface area contributed by atoms with E-state index in [9.17, 15) is 14.4 Å². The van der Waals surface area contributed by atoms with Crippen molar-refractivity contribution in [3.63, 3.8) is 0 Å². The van der Waals surface area contributed by atoms with Crippen LogP contribution in [-0.2, 0) is 11.3 Å². The Balaban J connectivity index is 1.78. The molecular weight excluding hydrogens is 358 g/mol. The molecule has 28 heavy (non-hydrogen) atoms. The van der Waals surface area contributed by atoms with Crippen LogP contribution in [0.25, 0.3) is 16.8 Å². The minimum Gasteiger partial charge on any atom is -0.268 e. The van der Waals surface area contributed by atoms with Crippen molar-refractivity contribution in [1.82, 2.24) is 25.6 Å². The third kappa shape index (κ3) is 4.29. The zero-order valence-corrected chi connectivity index (χ0v) is 15.3. The third-order valence-electron chi connectivity index (χ3n) is 3.93. The van der Waals surface area contributed by atoms with Gasteiger partial charge in [0.1, 0.15) is 0 Å². The Labute approximate surface area is 160 Å².